The molecular formula is C15H13F2NO4S. The lowest BCUT2D eigenvalue weighted by atomic mass is 10.1. The van der Waals surface area contributed by atoms with Crippen LogP contribution in [0.5, 0.6) is 0 Å². The second-order valence-corrected chi connectivity index (χ2v) is 5.91. The Labute approximate surface area is 134 Å². The predicted molar refractivity (Wildman–Crippen MR) is 81.9 cm³/mol. The van der Waals surface area contributed by atoms with Gasteiger partial charge in [0.05, 0.1) is 11.8 Å². The molecule has 0 fully saturated rings. The zero-order chi connectivity index (χ0) is 17.1. The molecule has 8 heteroatoms. The number of amides is 1. The lowest BCUT2D eigenvalue weighted by Gasteiger charge is -2.08. The van der Waals surface area contributed by atoms with Gasteiger partial charge in [0.2, 0.25) is 0 Å². The summed E-state index contributed by atoms with van der Waals surface area (Å²) in [5, 5.41) is 11.5. The lowest BCUT2D eigenvalue weighted by molar-refractivity contribution is 0.0703. The Balaban J connectivity index is 2.38. The third kappa shape index (κ3) is 4.04. The van der Waals surface area contributed by atoms with E-state index in [0.29, 0.717) is 6.07 Å². The molecule has 2 aromatic rings. The fraction of sp³-hybridized carbons (Fsp3) is 0.200. The van der Waals surface area contributed by atoms with Gasteiger partial charge in [0.25, 0.3) is 0 Å². The van der Waals surface area contributed by atoms with Crippen LogP contribution in [0.15, 0.2) is 24.3 Å². The van der Waals surface area contributed by atoms with Crippen LogP contribution < -0.4 is 5.32 Å². The molecule has 0 unspecified atom stereocenters. The van der Waals surface area contributed by atoms with Crippen LogP contribution in [0, 0.1) is 11.6 Å². The SMILES string of the molecule is CC(C)OC(=O)Nc1cc(-c2ccc(F)cc2F)sc1C(=O)O. The van der Waals surface area contributed by atoms with E-state index in [4.69, 9.17) is 4.74 Å². The van der Waals surface area contributed by atoms with Crippen molar-refractivity contribution in [3.05, 3.63) is 40.8 Å². The third-order valence-corrected chi connectivity index (χ3v) is 3.86. The number of carboxylic acid groups (broad SMARTS) is 1. The van der Waals surface area contributed by atoms with Gasteiger partial charge in [-0.1, -0.05) is 0 Å². The van der Waals surface area contributed by atoms with E-state index in [9.17, 15) is 23.5 Å². The number of hydrogen-bond donors (Lipinski definition) is 2. The van der Waals surface area contributed by atoms with Crippen molar-refractivity contribution in [2.24, 2.45) is 0 Å². The van der Waals surface area contributed by atoms with Crippen LogP contribution in [0.4, 0.5) is 19.3 Å². The Morgan fingerprint density at radius 3 is 2.52 bits per heavy atom. The Bertz CT molecular complexity index is 758. The number of thiophene rings is 1. The number of carbonyl (C=O) groups excluding carboxylic acids is 1. The zero-order valence-electron chi connectivity index (χ0n) is 12.2. The molecule has 5 nitrogen and oxygen atoms in total. The first-order valence-corrected chi connectivity index (χ1v) is 7.39. The average Bonchev–Trinajstić information content (AvgIpc) is 2.81. The summed E-state index contributed by atoms with van der Waals surface area (Å²) in [7, 11) is 0. The number of rotatable bonds is 4. The lowest BCUT2D eigenvalue weighted by Crippen LogP contribution is -2.18. The van der Waals surface area contributed by atoms with E-state index < -0.39 is 23.7 Å². The number of hydrogen-bond acceptors (Lipinski definition) is 4. The van der Waals surface area contributed by atoms with E-state index in [-0.39, 0.29) is 27.1 Å². The van der Waals surface area contributed by atoms with Crippen molar-refractivity contribution in [1.82, 2.24) is 0 Å². The number of benzene rings is 1. The first kappa shape index (κ1) is 16.9. The average molecular weight is 341 g/mol. The fourth-order valence-corrected chi connectivity index (χ4v) is 2.80. The number of ether oxygens (including phenoxy) is 1. The summed E-state index contributed by atoms with van der Waals surface area (Å²) in [5.41, 5.74) is 0.0380. The predicted octanol–water partition coefficient (Wildman–Crippen LogP) is 4.35. The van der Waals surface area contributed by atoms with Gasteiger partial charge in [-0.05, 0) is 32.0 Å². The minimum atomic E-state index is -1.27. The van der Waals surface area contributed by atoms with Crippen LogP contribution in [-0.2, 0) is 4.74 Å². The molecule has 0 spiro atoms. The summed E-state index contributed by atoms with van der Waals surface area (Å²) < 4.78 is 31.7. The van der Waals surface area contributed by atoms with Gasteiger partial charge in [-0.2, -0.15) is 0 Å². The Kier molecular flexibility index (Phi) is 4.95. The molecule has 0 saturated carbocycles. The number of aromatic carboxylic acids is 1. The highest BCUT2D eigenvalue weighted by molar-refractivity contribution is 7.18. The van der Waals surface area contributed by atoms with Crippen LogP contribution in [0.3, 0.4) is 0 Å². The molecule has 0 atom stereocenters. The largest absolute Gasteiger partial charge is 0.477 e. The molecule has 2 rings (SSSR count). The molecule has 122 valence electrons. The van der Waals surface area contributed by atoms with Gasteiger partial charge in [-0.3, -0.25) is 5.32 Å². The summed E-state index contributed by atoms with van der Waals surface area (Å²) in [5.74, 6) is -2.83. The van der Waals surface area contributed by atoms with Crippen molar-refractivity contribution >= 4 is 29.1 Å². The second kappa shape index (κ2) is 6.74. The number of anilines is 1. The van der Waals surface area contributed by atoms with Crippen molar-refractivity contribution < 1.29 is 28.2 Å². The monoisotopic (exact) mass is 341 g/mol. The Hall–Kier alpha value is -2.48. The highest BCUT2D eigenvalue weighted by Gasteiger charge is 2.20. The maximum absolute atomic E-state index is 13.8. The summed E-state index contributed by atoms with van der Waals surface area (Å²) in [6.45, 7) is 3.29. The third-order valence-electron chi connectivity index (χ3n) is 2.70. The van der Waals surface area contributed by atoms with Crippen molar-refractivity contribution in [3.8, 4) is 10.4 Å². The molecule has 23 heavy (non-hydrogen) atoms. The Morgan fingerprint density at radius 1 is 1.26 bits per heavy atom. The van der Waals surface area contributed by atoms with Gasteiger partial charge in [-0.15, -0.1) is 11.3 Å². The molecule has 0 saturated heterocycles. The maximum atomic E-state index is 13.8. The molecule has 1 aromatic carbocycles. The van der Waals surface area contributed by atoms with Crippen LogP contribution in [0.1, 0.15) is 23.5 Å². The molecule has 0 bridgehead atoms. The minimum absolute atomic E-state index is 0.00752. The second-order valence-electron chi connectivity index (χ2n) is 4.86. The molecule has 2 N–H and O–H groups in total. The Morgan fingerprint density at radius 2 is 1.96 bits per heavy atom. The molecule has 1 heterocycles. The van der Waals surface area contributed by atoms with Gasteiger partial charge >= 0.3 is 12.1 Å². The van der Waals surface area contributed by atoms with Crippen LogP contribution in [0.25, 0.3) is 10.4 Å². The number of carbonyl (C=O) groups is 2. The van der Waals surface area contributed by atoms with Gasteiger partial charge < -0.3 is 9.84 Å². The van der Waals surface area contributed by atoms with Crippen LogP contribution in [-0.4, -0.2) is 23.3 Å². The topological polar surface area (TPSA) is 75.6 Å². The quantitative estimate of drug-likeness (QED) is 0.867. The maximum Gasteiger partial charge on any atom is 0.411 e. The van der Waals surface area contributed by atoms with Crippen molar-refractivity contribution in [3.63, 3.8) is 0 Å². The molecular weight excluding hydrogens is 328 g/mol. The molecule has 0 radical (unpaired) electrons. The van der Waals surface area contributed by atoms with E-state index in [0.717, 1.165) is 17.4 Å². The van der Waals surface area contributed by atoms with E-state index in [2.05, 4.69) is 5.32 Å². The first-order valence-electron chi connectivity index (χ1n) is 6.58. The standard InChI is InChI=1S/C15H13F2NO4S/c1-7(2)22-15(21)18-11-6-12(23-13(11)14(19)20)9-4-3-8(16)5-10(9)17/h3-7H,1-2H3,(H,18,21)(H,19,20). The first-order chi connectivity index (χ1) is 10.8. The molecule has 0 aliphatic rings. The summed E-state index contributed by atoms with van der Waals surface area (Å²) in [6, 6.07) is 4.29. The summed E-state index contributed by atoms with van der Waals surface area (Å²) in [4.78, 5) is 23.0. The van der Waals surface area contributed by atoms with Crippen LogP contribution >= 0.6 is 11.3 Å². The minimum Gasteiger partial charge on any atom is -0.477 e. The van der Waals surface area contributed by atoms with Gasteiger partial charge in [0.15, 0.2) is 0 Å². The normalized spacial score (nSPS) is 10.7. The number of carboxylic acids is 1. The highest BCUT2D eigenvalue weighted by atomic mass is 32.1. The van der Waals surface area contributed by atoms with E-state index >= 15 is 0 Å². The zero-order valence-corrected chi connectivity index (χ0v) is 13.0. The van der Waals surface area contributed by atoms with Gasteiger partial charge in [-0.25, -0.2) is 18.4 Å². The fourth-order valence-electron chi connectivity index (χ4n) is 1.82. The van der Waals surface area contributed by atoms with Gasteiger partial charge in [0.1, 0.15) is 16.5 Å². The summed E-state index contributed by atoms with van der Waals surface area (Å²) in [6.07, 6.45) is -1.19. The molecule has 0 aliphatic carbocycles. The van der Waals surface area contributed by atoms with Crippen LogP contribution in [0.2, 0.25) is 0 Å². The highest BCUT2D eigenvalue weighted by Crippen LogP contribution is 2.36. The van der Waals surface area contributed by atoms with Gasteiger partial charge in [0, 0.05) is 16.5 Å². The molecule has 1 amide bonds. The number of halogens is 2. The van der Waals surface area contributed by atoms with E-state index in [1.54, 1.807) is 13.8 Å². The molecule has 1 aromatic heterocycles. The van der Waals surface area contributed by atoms with Crippen molar-refractivity contribution in [2.75, 3.05) is 5.32 Å². The summed E-state index contributed by atoms with van der Waals surface area (Å²) >= 11 is 0.769. The van der Waals surface area contributed by atoms with E-state index in [1.165, 1.54) is 12.1 Å². The van der Waals surface area contributed by atoms with E-state index in [1.807, 2.05) is 0 Å². The smallest absolute Gasteiger partial charge is 0.411 e. The van der Waals surface area contributed by atoms with Crippen molar-refractivity contribution in [2.45, 2.75) is 20.0 Å². The van der Waals surface area contributed by atoms with Crippen molar-refractivity contribution in [1.29, 1.82) is 0 Å². The molecule has 0 aliphatic heterocycles. The number of nitrogens with one attached hydrogen (secondary N) is 1.